The predicted octanol–water partition coefficient (Wildman–Crippen LogP) is 8.90. The third kappa shape index (κ3) is 12.0. The van der Waals surface area contributed by atoms with Crippen molar-refractivity contribution in [3.8, 4) is 34.0 Å². The summed E-state index contributed by atoms with van der Waals surface area (Å²) in [5.74, 6) is -0.642. The summed E-state index contributed by atoms with van der Waals surface area (Å²) < 4.78 is 5.90. The number of ether oxygens (including phenoxy) is 1. The summed E-state index contributed by atoms with van der Waals surface area (Å²) in [6.07, 6.45) is 9.30. The molecular weight excluding hydrogens is 713 g/mol. The van der Waals surface area contributed by atoms with Crippen LogP contribution in [0.3, 0.4) is 0 Å². The molecule has 2 heterocycles. The Hall–Kier alpha value is -5.55. The lowest BCUT2D eigenvalue weighted by Crippen LogP contribution is -2.49. The number of hydrogen-bond donors (Lipinski definition) is 4. The van der Waals surface area contributed by atoms with Crippen LogP contribution in [-0.2, 0) is 21.4 Å². The van der Waals surface area contributed by atoms with Crippen LogP contribution in [0.2, 0.25) is 0 Å². The summed E-state index contributed by atoms with van der Waals surface area (Å²) in [7, 11) is 0. The molecule has 3 aromatic carbocycles. The number of aromatic hydroxyl groups is 1. The number of aliphatic carboxylic acids is 1. The van der Waals surface area contributed by atoms with E-state index in [0.717, 1.165) is 39.3 Å². The molecule has 0 aliphatic heterocycles. The fourth-order valence-electron chi connectivity index (χ4n) is 6.00. The largest absolute Gasteiger partial charge is 0.508 e. The summed E-state index contributed by atoms with van der Waals surface area (Å²) in [5, 5.41) is 25.1. The maximum Gasteiger partial charge on any atom is 0.305 e. The van der Waals surface area contributed by atoms with Gasteiger partial charge in [0.15, 0.2) is 5.82 Å². The van der Waals surface area contributed by atoms with Crippen molar-refractivity contribution in [2.75, 3.05) is 6.61 Å². The highest BCUT2D eigenvalue weighted by Gasteiger charge is 2.27. The molecule has 0 saturated carbocycles. The molecule has 0 aliphatic carbocycles. The van der Waals surface area contributed by atoms with Crippen molar-refractivity contribution < 1.29 is 29.3 Å². The number of thiophene rings is 1. The molecule has 2 atom stereocenters. The minimum atomic E-state index is -1.11. The molecule has 288 valence electrons. The van der Waals surface area contributed by atoms with Crippen LogP contribution in [0.25, 0.3) is 22.5 Å². The van der Waals surface area contributed by atoms with E-state index < -0.39 is 29.9 Å². The van der Waals surface area contributed by atoms with E-state index >= 15 is 0 Å². The van der Waals surface area contributed by atoms with Crippen LogP contribution in [0.15, 0.2) is 97.3 Å². The Morgan fingerprint density at radius 1 is 0.782 bits per heavy atom. The van der Waals surface area contributed by atoms with Crippen molar-refractivity contribution in [3.63, 3.8) is 0 Å². The van der Waals surface area contributed by atoms with Crippen molar-refractivity contribution in [2.45, 2.75) is 90.1 Å². The van der Waals surface area contributed by atoms with Crippen LogP contribution in [0.5, 0.6) is 11.5 Å². The number of unbranched alkanes of at least 4 members (excludes halogenated alkanes) is 4. The van der Waals surface area contributed by atoms with Gasteiger partial charge in [0.2, 0.25) is 5.91 Å². The number of carboxylic acid groups (broad SMARTS) is 1. The number of phenolic OH excluding ortho intramolecular Hbond substituents is 1. The first-order valence-corrected chi connectivity index (χ1v) is 19.6. The smallest absolute Gasteiger partial charge is 0.305 e. The first-order chi connectivity index (χ1) is 26.4. The molecular formula is C44H50N4O6S. The maximum absolute atomic E-state index is 13.9. The number of nitrogens with zero attached hydrogens (tertiary/aromatic N) is 2. The second kappa shape index (κ2) is 19.2. The first-order valence-electron chi connectivity index (χ1n) is 18.8. The third-order valence-corrected chi connectivity index (χ3v) is 10.7. The van der Waals surface area contributed by atoms with Crippen LogP contribution in [0, 0.1) is 0 Å². The topological polar surface area (TPSA) is 151 Å². The van der Waals surface area contributed by atoms with Gasteiger partial charge in [0.05, 0.1) is 23.9 Å². The number of hydrogen-bond acceptors (Lipinski definition) is 8. The molecule has 1 unspecified atom stereocenters. The normalized spacial score (nSPS) is 12.4. The summed E-state index contributed by atoms with van der Waals surface area (Å²) in [4.78, 5) is 49.9. The van der Waals surface area contributed by atoms with E-state index in [0.29, 0.717) is 22.9 Å². The molecule has 0 radical (unpaired) electrons. The third-order valence-electron chi connectivity index (χ3n) is 9.19. The standard InChI is InChI=1S/C44H50N4O6S/c1-5-6-7-8-9-24-54-35-20-16-30(17-21-35)33-27-45-41(46-28-33)32-12-10-29(11-13-32)25-37(48-43(53)38-22-23-39(55-38)44(2,3)4)42(52)47-36(26-40(50)51)31-14-18-34(49)19-15-31/h10-23,27-28,36-37,49H,5-9,24-26H2,1-4H3,(H,47,52)(H,48,53)(H,50,51)/t36?,37-/m0/s1. The molecule has 2 aromatic heterocycles. The zero-order chi connectivity index (χ0) is 39.4. The fraction of sp³-hybridized carbons (Fsp3) is 0.341. The van der Waals surface area contributed by atoms with E-state index in [9.17, 15) is 24.6 Å². The van der Waals surface area contributed by atoms with Crippen molar-refractivity contribution in [1.29, 1.82) is 0 Å². The lowest BCUT2D eigenvalue weighted by Gasteiger charge is -2.23. The average molecular weight is 763 g/mol. The van der Waals surface area contributed by atoms with Gasteiger partial charge in [0.25, 0.3) is 5.91 Å². The number of carbonyl (C=O) groups excluding carboxylic acids is 2. The quantitative estimate of drug-likeness (QED) is 0.0647. The molecule has 0 bridgehead atoms. The van der Waals surface area contributed by atoms with Crippen molar-refractivity contribution in [1.82, 2.24) is 20.6 Å². The monoisotopic (exact) mass is 762 g/mol. The highest BCUT2D eigenvalue weighted by atomic mass is 32.1. The predicted molar refractivity (Wildman–Crippen MR) is 216 cm³/mol. The van der Waals surface area contributed by atoms with Crippen molar-refractivity contribution in [2.24, 2.45) is 0 Å². The Bertz CT molecular complexity index is 2000. The molecule has 0 saturated heterocycles. The summed E-state index contributed by atoms with van der Waals surface area (Å²) in [6.45, 7) is 9.12. The van der Waals surface area contributed by atoms with Gasteiger partial charge in [-0.2, -0.15) is 0 Å². The lowest BCUT2D eigenvalue weighted by atomic mass is 9.95. The molecule has 0 aliphatic rings. The number of rotatable bonds is 18. The van der Waals surface area contributed by atoms with Gasteiger partial charge >= 0.3 is 5.97 Å². The van der Waals surface area contributed by atoms with Gasteiger partial charge in [-0.25, -0.2) is 9.97 Å². The highest BCUT2D eigenvalue weighted by molar-refractivity contribution is 7.14. The Morgan fingerprint density at radius 2 is 1.44 bits per heavy atom. The molecule has 4 N–H and O–H groups in total. The summed E-state index contributed by atoms with van der Waals surface area (Å²) in [5.41, 5.74) is 3.78. The van der Waals surface area contributed by atoms with Crippen LogP contribution in [0.4, 0.5) is 0 Å². The van der Waals surface area contributed by atoms with E-state index in [1.165, 1.54) is 49.2 Å². The highest BCUT2D eigenvalue weighted by Crippen LogP contribution is 2.30. The number of carbonyl (C=O) groups is 3. The zero-order valence-corrected chi connectivity index (χ0v) is 32.7. The molecule has 10 nitrogen and oxygen atoms in total. The Kier molecular flexibility index (Phi) is 14.2. The van der Waals surface area contributed by atoms with E-state index in [1.54, 1.807) is 30.6 Å². The molecule has 55 heavy (non-hydrogen) atoms. The second-order valence-corrected chi connectivity index (χ2v) is 15.8. The van der Waals surface area contributed by atoms with Crippen molar-refractivity contribution >= 4 is 29.1 Å². The van der Waals surface area contributed by atoms with Gasteiger partial charge in [-0.05, 0) is 64.9 Å². The number of carboxylic acids is 1. The first kappa shape index (κ1) is 40.6. The Balaban J connectivity index is 1.28. The number of nitrogens with one attached hydrogen (secondary N) is 2. The van der Waals surface area contributed by atoms with Gasteiger partial charge in [-0.15, -0.1) is 11.3 Å². The summed E-state index contributed by atoms with van der Waals surface area (Å²) in [6, 6.07) is 23.1. The van der Waals surface area contributed by atoms with Gasteiger partial charge < -0.3 is 25.6 Å². The SMILES string of the molecule is CCCCCCCOc1ccc(-c2cnc(-c3ccc(C[C@H](NC(=O)c4ccc(C(C)(C)C)s4)C(=O)NC(CC(=O)O)c4ccc(O)cc4)cc3)nc2)cc1. The molecule has 0 fully saturated rings. The minimum absolute atomic E-state index is 0.0174. The van der Waals surface area contributed by atoms with Crippen LogP contribution >= 0.6 is 11.3 Å². The van der Waals surface area contributed by atoms with Crippen molar-refractivity contribution in [3.05, 3.63) is 118 Å². The molecule has 0 spiro atoms. The number of aromatic nitrogens is 2. The number of benzene rings is 3. The second-order valence-electron chi connectivity index (χ2n) is 14.7. The van der Waals surface area contributed by atoms with E-state index in [4.69, 9.17) is 4.74 Å². The van der Waals surface area contributed by atoms with Gasteiger partial charge in [0.1, 0.15) is 17.5 Å². The van der Waals surface area contributed by atoms with E-state index in [-0.39, 0.29) is 24.0 Å². The van der Waals surface area contributed by atoms with Gasteiger partial charge in [-0.3, -0.25) is 14.4 Å². The van der Waals surface area contributed by atoms with Crippen LogP contribution < -0.4 is 15.4 Å². The molecule has 11 heteroatoms. The van der Waals surface area contributed by atoms with E-state index in [2.05, 4.69) is 48.3 Å². The molecule has 5 aromatic rings. The number of phenols is 1. The summed E-state index contributed by atoms with van der Waals surface area (Å²) >= 11 is 1.37. The molecule has 5 rings (SSSR count). The lowest BCUT2D eigenvalue weighted by molar-refractivity contribution is -0.137. The van der Waals surface area contributed by atoms with Crippen LogP contribution in [0.1, 0.15) is 97.9 Å². The zero-order valence-electron chi connectivity index (χ0n) is 31.9. The van der Waals surface area contributed by atoms with Gasteiger partial charge in [-0.1, -0.05) is 102 Å². The minimum Gasteiger partial charge on any atom is -0.508 e. The molecule has 2 amide bonds. The fourth-order valence-corrected chi connectivity index (χ4v) is 6.97. The number of amides is 2. The maximum atomic E-state index is 13.9. The van der Waals surface area contributed by atoms with Gasteiger partial charge in [0, 0.05) is 34.8 Å². The Labute approximate surface area is 327 Å². The Morgan fingerprint density at radius 3 is 2.05 bits per heavy atom. The van der Waals surface area contributed by atoms with Crippen LogP contribution in [-0.4, -0.2) is 50.6 Å². The average Bonchev–Trinajstić information content (AvgIpc) is 3.69. The van der Waals surface area contributed by atoms with E-state index in [1.807, 2.05) is 54.6 Å².